The Morgan fingerprint density at radius 3 is 2.71 bits per heavy atom. The van der Waals surface area contributed by atoms with Crippen LogP contribution < -0.4 is 4.74 Å². The summed E-state index contributed by atoms with van der Waals surface area (Å²) in [6, 6.07) is 11.1. The maximum absolute atomic E-state index is 13.0. The minimum atomic E-state index is -0.743. The molecule has 31 heavy (non-hydrogen) atoms. The molecule has 2 aromatic rings. The smallest absolute Gasteiger partial charge is 0.295 e. The van der Waals surface area contributed by atoms with Gasteiger partial charge in [0.2, 0.25) is 0 Å². The number of hydrogen-bond acceptors (Lipinski definition) is 5. The molecule has 6 heteroatoms. The van der Waals surface area contributed by atoms with Crippen molar-refractivity contribution in [1.82, 2.24) is 4.90 Å². The number of aliphatic hydroxyl groups excluding tert-OH is 1. The number of benzene rings is 2. The molecule has 6 nitrogen and oxygen atoms in total. The molecule has 2 aliphatic rings. The lowest BCUT2D eigenvalue weighted by atomic mass is 9.94. The Kier molecular flexibility index (Phi) is 5.72. The first-order chi connectivity index (χ1) is 14.9. The van der Waals surface area contributed by atoms with Gasteiger partial charge in [-0.3, -0.25) is 9.59 Å². The Morgan fingerprint density at radius 1 is 1.16 bits per heavy atom. The highest BCUT2D eigenvalue weighted by Gasteiger charge is 2.45. The van der Waals surface area contributed by atoms with Crippen LogP contribution in [-0.4, -0.2) is 39.5 Å². The summed E-state index contributed by atoms with van der Waals surface area (Å²) < 4.78 is 5.73. The monoisotopic (exact) mass is 421 g/mol. The van der Waals surface area contributed by atoms with E-state index in [9.17, 15) is 19.8 Å². The van der Waals surface area contributed by atoms with Gasteiger partial charge in [0.25, 0.3) is 11.7 Å². The van der Waals surface area contributed by atoms with Crippen LogP contribution in [0.15, 0.2) is 48.0 Å². The highest BCUT2D eigenvalue weighted by Crippen LogP contribution is 2.41. The molecule has 1 fully saturated rings. The van der Waals surface area contributed by atoms with E-state index in [1.165, 1.54) is 17.0 Å². The molecule has 0 bridgehead atoms. The van der Waals surface area contributed by atoms with Crippen molar-refractivity contribution in [2.24, 2.45) is 0 Å². The lowest BCUT2D eigenvalue weighted by Crippen LogP contribution is -2.30. The minimum absolute atomic E-state index is 0.0420. The Morgan fingerprint density at radius 2 is 1.97 bits per heavy atom. The summed E-state index contributed by atoms with van der Waals surface area (Å²) in [7, 11) is 0. The SMILES string of the molecule is CCCCCN1C(=O)C(=O)/C(=C(\O)c2ccc3c(c2)CC(C)O3)C1c1cccc(O)c1. The second-order valence-corrected chi connectivity index (χ2v) is 8.25. The fourth-order valence-electron chi connectivity index (χ4n) is 4.41. The molecule has 162 valence electrons. The van der Waals surface area contributed by atoms with Gasteiger partial charge in [-0.25, -0.2) is 0 Å². The quantitative estimate of drug-likeness (QED) is 0.314. The number of carbonyl (C=O) groups is 2. The van der Waals surface area contributed by atoms with Gasteiger partial charge in [0.1, 0.15) is 23.4 Å². The van der Waals surface area contributed by atoms with Crippen molar-refractivity contribution < 1.29 is 24.5 Å². The van der Waals surface area contributed by atoms with Gasteiger partial charge in [-0.2, -0.15) is 0 Å². The summed E-state index contributed by atoms with van der Waals surface area (Å²) in [5, 5.41) is 21.2. The number of rotatable bonds is 6. The predicted molar refractivity (Wildman–Crippen MR) is 117 cm³/mol. The number of ketones is 1. The van der Waals surface area contributed by atoms with Crippen LogP contribution in [0.3, 0.4) is 0 Å². The zero-order chi connectivity index (χ0) is 22.1. The molecule has 4 rings (SSSR count). The number of aromatic hydroxyl groups is 1. The maximum Gasteiger partial charge on any atom is 0.295 e. The molecule has 2 aliphatic heterocycles. The number of unbranched alkanes of at least 4 members (excludes halogenated alkanes) is 2. The summed E-state index contributed by atoms with van der Waals surface area (Å²) in [6.07, 6.45) is 3.45. The van der Waals surface area contributed by atoms with Crippen LogP contribution in [0.5, 0.6) is 11.5 Å². The first-order valence-electron chi connectivity index (χ1n) is 10.8. The summed E-state index contributed by atoms with van der Waals surface area (Å²) >= 11 is 0. The van der Waals surface area contributed by atoms with Gasteiger partial charge in [-0.1, -0.05) is 31.9 Å². The van der Waals surface area contributed by atoms with Crippen molar-refractivity contribution in [3.05, 3.63) is 64.7 Å². The second kappa shape index (κ2) is 8.46. The summed E-state index contributed by atoms with van der Waals surface area (Å²) in [5.41, 5.74) is 2.09. The number of aliphatic hydroxyl groups is 1. The van der Waals surface area contributed by atoms with E-state index in [2.05, 4.69) is 6.92 Å². The number of fused-ring (bicyclic) bond motifs is 1. The lowest BCUT2D eigenvalue weighted by molar-refractivity contribution is -0.139. The molecule has 2 aromatic carbocycles. The van der Waals surface area contributed by atoms with Crippen LogP contribution in [0.1, 0.15) is 55.8 Å². The number of hydrogen-bond donors (Lipinski definition) is 2. The molecule has 2 heterocycles. The standard InChI is InChI=1S/C25H27NO5/c1-3-4-5-11-26-22(16-7-6-8-19(27)14-16)21(24(29)25(26)30)23(28)17-9-10-20-18(13-17)12-15(2)31-20/h6-10,13-15,22,27-28H,3-5,11-12H2,1-2H3/b23-21-. The first-order valence-corrected chi connectivity index (χ1v) is 10.8. The van der Waals surface area contributed by atoms with E-state index < -0.39 is 17.7 Å². The topological polar surface area (TPSA) is 87.1 Å². The van der Waals surface area contributed by atoms with Crippen LogP contribution >= 0.6 is 0 Å². The summed E-state index contributed by atoms with van der Waals surface area (Å²) in [5.74, 6) is -0.711. The van der Waals surface area contributed by atoms with Crippen molar-refractivity contribution in [2.45, 2.75) is 51.7 Å². The van der Waals surface area contributed by atoms with Gasteiger partial charge < -0.3 is 19.8 Å². The largest absolute Gasteiger partial charge is 0.508 e. The average molecular weight is 421 g/mol. The van der Waals surface area contributed by atoms with Crippen LogP contribution in [0.25, 0.3) is 5.76 Å². The molecular formula is C25H27NO5. The zero-order valence-electron chi connectivity index (χ0n) is 17.8. The number of carbonyl (C=O) groups excluding carboxylic acids is 2. The molecule has 2 atom stereocenters. The fraction of sp³-hybridized carbons (Fsp3) is 0.360. The maximum atomic E-state index is 13.0. The molecule has 1 saturated heterocycles. The Balaban J connectivity index is 1.80. The molecule has 1 amide bonds. The van der Waals surface area contributed by atoms with Crippen molar-refractivity contribution in [3.8, 4) is 11.5 Å². The molecule has 0 radical (unpaired) electrons. The fourth-order valence-corrected chi connectivity index (χ4v) is 4.41. The van der Waals surface area contributed by atoms with Gasteiger partial charge in [0, 0.05) is 18.5 Å². The first kappa shape index (κ1) is 21.0. The van der Waals surface area contributed by atoms with Crippen molar-refractivity contribution in [2.75, 3.05) is 6.54 Å². The van der Waals surface area contributed by atoms with E-state index in [0.717, 1.165) is 37.0 Å². The van der Waals surface area contributed by atoms with E-state index in [4.69, 9.17) is 4.74 Å². The van der Waals surface area contributed by atoms with Gasteiger partial charge >= 0.3 is 0 Å². The van der Waals surface area contributed by atoms with Crippen LogP contribution in [0.4, 0.5) is 0 Å². The minimum Gasteiger partial charge on any atom is -0.508 e. The molecule has 2 unspecified atom stereocenters. The number of Topliss-reactive ketones (excluding diaryl/α,β-unsaturated/α-hetero) is 1. The van der Waals surface area contributed by atoms with E-state index in [0.29, 0.717) is 17.7 Å². The number of likely N-dealkylation sites (tertiary alicyclic amines) is 1. The molecule has 0 saturated carbocycles. The van der Waals surface area contributed by atoms with Gasteiger partial charge in [-0.15, -0.1) is 0 Å². The highest BCUT2D eigenvalue weighted by molar-refractivity contribution is 6.46. The van der Waals surface area contributed by atoms with Crippen LogP contribution in [0.2, 0.25) is 0 Å². The second-order valence-electron chi connectivity index (χ2n) is 8.25. The van der Waals surface area contributed by atoms with Crippen molar-refractivity contribution in [3.63, 3.8) is 0 Å². The van der Waals surface area contributed by atoms with Gasteiger partial charge in [-0.05, 0) is 54.8 Å². The van der Waals surface area contributed by atoms with E-state index in [-0.39, 0.29) is 23.2 Å². The highest BCUT2D eigenvalue weighted by atomic mass is 16.5. The van der Waals surface area contributed by atoms with Gasteiger partial charge in [0.15, 0.2) is 0 Å². The summed E-state index contributed by atoms with van der Waals surface area (Å²) in [4.78, 5) is 27.4. The molecule has 0 aromatic heterocycles. The van der Waals surface area contributed by atoms with E-state index in [1.54, 1.807) is 24.3 Å². The molecular weight excluding hydrogens is 394 g/mol. The third-order valence-corrected chi connectivity index (χ3v) is 5.90. The number of amides is 1. The number of phenols is 1. The third-order valence-electron chi connectivity index (χ3n) is 5.90. The Hall–Kier alpha value is -3.28. The number of phenolic OH excluding ortho intramolecular Hbond substituents is 1. The molecule has 0 spiro atoms. The molecule has 0 aliphatic carbocycles. The zero-order valence-corrected chi connectivity index (χ0v) is 17.8. The number of ether oxygens (including phenoxy) is 1. The average Bonchev–Trinajstić information content (AvgIpc) is 3.24. The Bertz CT molecular complexity index is 1060. The third kappa shape index (κ3) is 3.90. The van der Waals surface area contributed by atoms with E-state index in [1.807, 2.05) is 13.0 Å². The molecule has 2 N–H and O–H groups in total. The summed E-state index contributed by atoms with van der Waals surface area (Å²) in [6.45, 7) is 4.45. The van der Waals surface area contributed by atoms with Crippen LogP contribution in [-0.2, 0) is 16.0 Å². The van der Waals surface area contributed by atoms with Crippen molar-refractivity contribution in [1.29, 1.82) is 0 Å². The lowest BCUT2D eigenvalue weighted by Gasteiger charge is -2.25. The predicted octanol–water partition coefficient (Wildman–Crippen LogP) is 4.33. The van der Waals surface area contributed by atoms with Crippen molar-refractivity contribution >= 4 is 17.4 Å². The Labute approximate surface area is 181 Å². The van der Waals surface area contributed by atoms with Crippen LogP contribution in [0, 0.1) is 0 Å². The number of nitrogens with zero attached hydrogens (tertiary/aromatic N) is 1. The van der Waals surface area contributed by atoms with E-state index >= 15 is 0 Å². The van der Waals surface area contributed by atoms with Gasteiger partial charge in [0.05, 0.1) is 11.6 Å². The normalized spacial score (nSPS) is 21.9.